The number of unbranched alkanes of at least 4 members (excludes halogenated alkanes) is 11. The summed E-state index contributed by atoms with van der Waals surface area (Å²) in [5, 5.41) is 45.7. The van der Waals surface area contributed by atoms with E-state index in [9.17, 15) is 30.2 Å². The lowest BCUT2D eigenvalue weighted by molar-refractivity contribution is -0.384. The second-order valence-corrected chi connectivity index (χ2v) is 17.6. The maximum atomic E-state index is 14.6. The molecule has 1 heterocycles. The van der Waals surface area contributed by atoms with Crippen molar-refractivity contribution in [2.24, 2.45) is 22.9 Å². The number of aliphatic hydroxyl groups is 3. The number of oxime groups is 1. The van der Waals surface area contributed by atoms with Gasteiger partial charge in [0.05, 0.1) is 55.7 Å². The van der Waals surface area contributed by atoms with Gasteiger partial charge >= 0.3 is 6.09 Å². The standard InChI is InChI=1S/C51H75N3O12/c1-4-6-7-8-9-10-11-12-13-18-31-63-50(58)53(26-32-62-33-29-57)47-37-45(52-61-3)43-34-38(20-14-16-27-55)42(23-15-17-28-56)48-44-36-41(65-40-22-19-21-39(35-40)54(59)60)24-25-46(44)66-51(47,49(43)48)64-30-5-2/h5,19,21-22,24-25,34-36,38,42,47-49,55-57H,2,4,6-18,20,23,26-33,37H2,1,3H3. The van der Waals surface area contributed by atoms with E-state index < -0.39 is 28.8 Å². The van der Waals surface area contributed by atoms with Gasteiger partial charge in [0.1, 0.15) is 30.4 Å². The molecular formula is C51H75N3O12. The van der Waals surface area contributed by atoms with Crippen LogP contribution in [0.15, 0.2) is 71.9 Å². The quantitative estimate of drug-likeness (QED) is 0.0273. The number of nitro groups is 1. The summed E-state index contributed by atoms with van der Waals surface area (Å²) < 4.78 is 32.5. The van der Waals surface area contributed by atoms with Gasteiger partial charge in [0.2, 0.25) is 5.79 Å². The van der Waals surface area contributed by atoms with E-state index in [1.54, 1.807) is 29.2 Å². The fourth-order valence-corrected chi connectivity index (χ4v) is 10.2. The highest BCUT2D eigenvalue weighted by molar-refractivity contribution is 6.03. The summed E-state index contributed by atoms with van der Waals surface area (Å²) in [4.78, 5) is 33.0. The number of ether oxygens (including phenoxy) is 5. The normalized spacial score (nSPS) is 22.4. The van der Waals surface area contributed by atoms with Crippen LogP contribution in [0.4, 0.5) is 10.5 Å². The van der Waals surface area contributed by atoms with Crippen LogP contribution in [0.1, 0.15) is 128 Å². The second-order valence-electron chi connectivity index (χ2n) is 17.6. The number of nitrogens with zero attached hydrogens (tertiary/aromatic N) is 3. The number of fused-ring (bicyclic) bond motifs is 2. The molecule has 2 aromatic carbocycles. The van der Waals surface area contributed by atoms with Gasteiger partial charge in [-0.25, -0.2) is 4.79 Å². The predicted octanol–water partition coefficient (Wildman–Crippen LogP) is 10.0. The molecule has 15 nitrogen and oxygen atoms in total. The molecule has 1 fully saturated rings. The number of non-ortho nitro benzene ring substituents is 1. The lowest BCUT2D eigenvalue weighted by atomic mass is 9.55. The lowest BCUT2D eigenvalue weighted by Gasteiger charge is -2.59. The SMILES string of the molecule is C=CCOC12Oc3ccc(Oc4cccc([N+](=O)[O-])c4)cc3C3C(CCCCO)C(CCCCO)C=C(C(=NOC)CC1N(CCOCCO)C(=O)OCCCCCCCCCCCC)C32. The van der Waals surface area contributed by atoms with Gasteiger partial charge in [0, 0.05) is 43.7 Å². The lowest BCUT2D eigenvalue weighted by Crippen LogP contribution is -2.70. The highest BCUT2D eigenvalue weighted by atomic mass is 16.7. The molecule has 3 N–H and O–H groups in total. The Morgan fingerprint density at radius 1 is 0.909 bits per heavy atom. The van der Waals surface area contributed by atoms with E-state index in [4.69, 9.17) is 28.5 Å². The van der Waals surface area contributed by atoms with Crippen LogP contribution in [-0.2, 0) is 19.0 Å². The van der Waals surface area contributed by atoms with Crippen molar-refractivity contribution in [2.45, 2.75) is 134 Å². The molecule has 5 rings (SSSR count). The average molecular weight is 922 g/mol. The minimum absolute atomic E-state index is 0.0171. The Kier molecular flexibility index (Phi) is 22.2. The molecule has 0 bridgehead atoms. The Morgan fingerprint density at radius 3 is 2.30 bits per heavy atom. The second kappa shape index (κ2) is 27.9. The third-order valence-corrected chi connectivity index (χ3v) is 13.2. The molecule has 1 amide bonds. The summed E-state index contributed by atoms with van der Waals surface area (Å²) in [7, 11) is 1.50. The van der Waals surface area contributed by atoms with Crippen LogP contribution in [0.5, 0.6) is 17.2 Å². The van der Waals surface area contributed by atoms with Gasteiger partial charge in [-0.3, -0.25) is 15.0 Å². The molecule has 366 valence electrons. The van der Waals surface area contributed by atoms with Crippen molar-refractivity contribution in [3.8, 4) is 17.2 Å². The van der Waals surface area contributed by atoms with E-state index in [-0.39, 0.29) is 82.7 Å². The van der Waals surface area contributed by atoms with Crippen LogP contribution in [0.3, 0.4) is 0 Å². The number of allylic oxidation sites excluding steroid dienone is 1. The van der Waals surface area contributed by atoms with E-state index in [1.807, 2.05) is 12.1 Å². The van der Waals surface area contributed by atoms with E-state index in [0.717, 1.165) is 62.5 Å². The van der Waals surface area contributed by atoms with Crippen LogP contribution in [0.25, 0.3) is 0 Å². The first-order chi connectivity index (χ1) is 32.3. The Labute approximate surface area is 391 Å². The molecule has 0 spiro atoms. The van der Waals surface area contributed by atoms with E-state index >= 15 is 0 Å². The number of amides is 1. The van der Waals surface area contributed by atoms with Crippen molar-refractivity contribution in [2.75, 3.05) is 59.9 Å². The van der Waals surface area contributed by atoms with Gasteiger partial charge in [-0.2, -0.15) is 0 Å². The molecule has 15 heteroatoms. The number of nitro benzene ring substituents is 1. The first-order valence-electron chi connectivity index (χ1n) is 24.4. The molecule has 0 saturated heterocycles. The van der Waals surface area contributed by atoms with Gasteiger partial charge in [0.15, 0.2) is 0 Å². The predicted molar refractivity (Wildman–Crippen MR) is 253 cm³/mol. The summed E-state index contributed by atoms with van der Waals surface area (Å²) in [5.74, 6) is -1.11. The number of rotatable bonds is 32. The highest BCUT2D eigenvalue weighted by Gasteiger charge is 2.65. The summed E-state index contributed by atoms with van der Waals surface area (Å²) >= 11 is 0. The Balaban J connectivity index is 1.59. The summed E-state index contributed by atoms with van der Waals surface area (Å²) in [6.45, 7) is 6.82. The van der Waals surface area contributed by atoms with Crippen LogP contribution < -0.4 is 9.47 Å². The maximum absolute atomic E-state index is 14.6. The van der Waals surface area contributed by atoms with E-state index in [1.165, 1.54) is 57.8 Å². The smallest absolute Gasteiger partial charge is 0.410 e. The van der Waals surface area contributed by atoms with Crippen molar-refractivity contribution < 1.29 is 53.6 Å². The largest absolute Gasteiger partial charge is 0.459 e. The summed E-state index contributed by atoms with van der Waals surface area (Å²) in [6.07, 6.45) is 19.3. The Bertz CT molecular complexity index is 1870. The van der Waals surface area contributed by atoms with Crippen LogP contribution in [0, 0.1) is 27.9 Å². The number of carbonyl (C=O) groups excluding carboxylic acids is 1. The number of hydrogen-bond donors (Lipinski definition) is 3. The van der Waals surface area contributed by atoms with E-state index in [0.29, 0.717) is 35.8 Å². The van der Waals surface area contributed by atoms with Crippen LogP contribution >= 0.6 is 0 Å². The van der Waals surface area contributed by atoms with Gasteiger partial charge in [-0.15, -0.1) is 6.58 Å². The van der Waals surface area contributed by atoms with Crippen molar-refractivity contribution in [1.82, 2.24) is 4.90 Å². The third-order valence-electron chi connectivity index (χ3n) is 13.2. The number of carbonyl (C=O) groups is 1. The van der Waals surface area contributed by atoms with Gasteiger partial charge in [0.25, 0.3) is 5.69 Å². The fourth-order valence-electron chi connectivity index (χ4n) is 10.2. The number of hydrogen-bond acceptors (Lipinski definition) is 13. The van der Waals surface area contributed by atoms with Crippen molar-refractivity contribution >= 4 is 17.5 Å². The first-order valence-corrected chi connectivity index (χ1v) is 24.4. The van der Waals surface area contributed by atoms with Crippen molar-refractivity contribution in [1.29, 1.82) is 0 Å². The molecular weight excluding hydrogens is 847 g/mol. The minimum atomic E-state index is -1.51. The molecule has 3 aliphatic rings. The maximum Gasteiger partial charge on any atom is 0.410 e. The molecule has 1 aliphatic heterocycles. The van der Waals surface area contributed by atoms with Crippen LogP contribution in [-0.4, -0.2) is 109 Å². The molecule has 2 aromatic rings. The molecule has 6 unspecified atom stereocenters. The zero-order chi connectivity index (χ0) is 47.2. The zero-order valence-electron chi connectivity index (χ0n) is 39.3. The fraction of sp³-hybridized carbons (Fsp3) is 0.647. The van der Waals surface area contributed by atoms with E-state index in [2.05, 4.69) is 24.7 Å². The number of benzene rings is 2. The molecule has 0 radical (unpaired) electrons. The average Bonchev–Trinajstić information content (AvgIpc) is 3.32. The molecule has 2 aliphatic carbocycles. The number of aliphatic hydroxyl groups excluding tert-OH is 3. The van der Waals surface area contributed by atoms with Crippen molar-refractivity contribution in [3.05, 3.63) is 82.4 Å². The Hall–Kier alpha value is -4.54. The molecule has 0 aromatic heterocycles. The van der Waals surface area contributed by atoms with Gasteiger partial charge < -0.3 is 43.8 Å². The Morgan fingerprint density at radius 2 is 1.62 bits per heavy atom. The minimum Gasteiger partial charge on any atom is -0.459 e. The molecule has 1 saturated carbocycles. The summed E-state index contributed by atoms with van der Waals surface area (Å²) in [5.41, 5.74) is 2.25. The van der Waals surface area contributed by atoms with Crippen LogP contribution in [0.2, 0.25) is 0 Å². The zero-order valence-corrected chi connectivity index (χ0v) is 39.3. The topological polar surface area (TPSA) is 192 Å². The molecule has 6 atom stereocenters. The third kappa shape index (κ3) is 14.0. The van der Waals surface area contributed by atoms with Gasteiger partial charge in [-0.05, 0) is 73.8 Å². The first kappa shape index (κ1) is 52.4. The summed E-state index contributed by atoms with van der Waals surface area (Å²) in [6, 6.07) is 10.7. The van der Waals surface area contributed by atoms with Crippen molar-refractivity contribution in [3.63, 3.8) is 0 Å². The highest BCUT2D eigenvalue weighted by Crippen LogP contribution is 2.62. The molecule has 66 heavy (non-hydrogen) atoms. The monoisotopic (exact) mass is 922 g/mol. The van der Waals surface area contributed by atoms with Gasteiger partial charge in [-0.1, -0.05) is 101 Å².